The van der Waals surface area contributed by atoms with Crippen molar-refractivity contribution in [3.05, 3.63) is 36.0 Å². The van der Waals surface area contributed by atoms with Crippen LogP contribution in [0.25, 0.3) is 0 Å². The molecule has 0 aromatic rings. The first-order chi connectivity index (χ1) is 29.7. The summed E-state index contributed by atoms with van der Waals surface area (Å²) in [4.78, 5) is 2.49. The van der Waals surface area contributed by atoms with Gasteiger partial charge in [0.05, 0.1) is 45.2 Å². The third kappa shape index (κ3) is 16.4. The summed E-state index contributed by atoms with van der Waals surface area (Å²) in [6.07, 6.45) is 45.8. The lowest BCUT2D eigenvalue weighted by molar-refractivity contribution is -0.0834. The van der Waals surface area contributed by atoms with Gasteiger partial charge in [-0.25, -0.2) is 0 Å². The zero-order valence-electron chi connectivity index (χ0n) is 41.1. The number of hydrogen-bond acceptors (Lipinski definition) is 5. The third-order valence-corrected chi connectivity index (χ3v) is 16.9. The van der Waals surface area contributed by atoms with E-state index in [1.165, 1.54) is 141 Å². The molecule has 1 unspecified atom stereocenters. The van der Waals surface area contributed by atoms with Gasteiger partial charge in [0.2, 0.25) is 0 Å². The highest BCUT2D eigenvalue weighted by molar-refractivity contribution is 5.25. The normalized spacial score (nSPS) is 30.5. The summed E-state index contributed by atoms with van der Waals surface area (Å²) in [5.41, 5.74) is 2.68. The molecule has 0 N–H and O–H groups in total. The van der Waals surface area contributed by atoms with Gasteiger partial charge < -0.3 is 18.9 Å². The smallest absolute Gasteiger partial charge is 0.0936 e. The molecule has 9 atom stereocenters. The van der Waals surface area contributed by atoms with Crippen LogP contribution in [0.4, 0.5) is 0 Å². The fourth-order valence-corrected chi connectivity index (χ4v) is 13.2. The van der Waals surface area contributed by atoms with Gasteiger partial charge in [-0.15, -0.1) is 0 Å². The first-order valence-electron chi connectivity index (χ1n) is 26.8. The third-order valence-electron chi connectivity index (χ3n) is 16.9. The molecule has 5 heteroatoms. The maximum absolute atomic E-state index is 6.63. The van der Waals surface area contributed by atoms with E-state index in [1.807, 2.05) is 0 Å². The predicted octanol–water partition coefficient (Wildman–Crippen LogP) is 14.7. The topological polar surface area (TPSA) is 40.2 Å². The Balaban J connectivity index is 0.937. The van der Waals surface area contributed by atoms with Gasteiger partial charge >= 0.3 is 0 Å². The predicted molar refractivity (Wildman–Crippen MR) is 259 cm³/mol. The molecule has 0 radical (unpaired) electrons. The van der Waals surface area contributed by atoms with Crippen LogP contribution in [0.5, 0.6) is 0 Å². The molecule has 0 bridgehead atoms. The number of unbranched alkanes of at least 4 members (excludes halogenated alkanes) is 11. The Bertz CT molecular complexity index is 1250. The van der Waals surface area contributed by atoms with E-state index in [9.17, 15) is 0 Å². The minimum absolute atomic E-state index is 0.0893. The van der Waals surface area contributed by atoms with Crippen molar-refractivity contribution in [3.63, 3.8) is 0 Å². The molecule has 0 aromatic heterocycles. The largest absolute Gasteiger partial charge is 0.379 e. The lowest BCUT2D eigenvalue weighted by Gasteiger charge is -2.58. The maximum atomic E-state index is 6.63. The van der Waals surface area contributed by atoms with Gasteiger partial charge in [-0.3, -0.25) is 4.90 Å². The van der Waals surface area contributed by atoms with E-state index in [2.05, 4.69) is 76.8 Å². The van der Waals surface area contributed by atoms with E-state index in [0.717, 1.165) is 94.2 Å². The molecular formula is C56H99NO4. The van der Waals surface area contributed by atoms with E-state index in [-0.39, 0.29) is 6.10 Å². The first kappa shape index (κ1) is 51.0. The van der Waals surface area contributed by atoms with Crippen molar-refractivity contribution >= 4 is 0 Å². The first-order valence-corrected chi connectivity index (χ1v) is 26.8. The van der Waals surface area contributed by atoms with Crippen LogP contribution < -0.4 is 0 Å². The second-order valence-corrected chi connectivity index (χ2v) is 21.8. The molecule has 5 nitrogen and oxygen atoms in total. The summed E-state index contributed by atoms with van der Waals surface area (Å²) >= 11 is 0. The van der Waals surface area contributed by atoms with Crippen LogP contribution in [0.3, 0.4) is 0 Å². The average Bonchev–Trinajstić information content (AvgIpc) is 3.62. The van der Waals surface area contributed by atoms with E-state index < -0.39 is 0 Å². The van der Waals surface area contributed by atoms with Gasteiger partial charge in [0.1, 0.15) is 0 Å². The highest BCUT2D eigenvalue weighted by Crippen LogP contribution is 2.67. The number of rotatable bonds is 31. The summed E-state index contributed by atoms with van der Waals surface area (Å²) in [6, 6.07) is 0. The molecular weight excluding hydrogens is 751 g/mol. The van der Waals surface area contributed by atoms with Gasteiger partial charge in [-0.2, -0.15) is 0 Å². The number of fused-ring (bicyclic) bond motifs is 5. The Kier molecular flexibility index (Phi) is 23.5. The molecule has 0 aromatic carbocycles. The van der Waals surface area contributed by atoms with Gasteiger partial charge in [-0.1, -0.05) is 148 Å². The summed E-state index contributed by atoms with van der Waals surface area (Å²) in [5.74, 6) is 5.36. The summed E-state index contributed by atoms with van der Waals surface area (Å²) in [7, 11) is 0. The van der Waals surface area contributed by atoms with E-state index in [1.54, 1.807) is 5.57 Å². The standard InChI is InChI=1S/C56H99NO4/c1-7-8-9-10-11-12-13-14-15-16-17-18-19-20-21-22-23-24-38-59-45-50(44-57-36-39-58-40-37-57)61-42-41-60-49-32-34-55(5)48(43-49)28-29-51-53-31-30-52(47(4)27-25-26-46(2)3)56(53,6)35-33-54(51)55/h11-12,14-15,28,46-47,49-54H,7-10,13,16-27,29-45H2,1-6H3/t47-,49+,50?,51+,52-,53+,54+,55+,56-/m1/s1. The molecule has 5 aliphatic rings. The molecule has 5 rings (SSSR count). The fraction of sp³-hybridized carbons (Fsp3) is 0.893. The molecule has 4 fully saturated rings. The molecule has 1 heterocycles. The monoisotopic (exact) mass is 850 g/mol. The summed E-state index contributed by atoms with van der Waals surface area (Å²) < 4.78 is 25.0. The van der Waals surface area contributed by atoms with Crippen molar-refractivity contribution in [1.82, 2.24) is 4.90 Å². The molecule has 0 spiro atoms. The van der Waals surface area contributed by atoms with Crippen LogP contribution >= 0.6 is 0 Å². The molecule has 1 saturated heterocycles. The maximum Gasteiger partial charge on any atom is 0.0936 e. The van der Waals surface area contributed by atoms with Crippen molar-refractivity contribution in [1.29, 1.82) is 0 Å². The average molecular weight is 850 g/mol. The van der Waals surface area contributed by atoms with Gasteiger partial charge in [0.15, 0.2) is 0 Å². The van der Waals surface area contributed by atoms with Crippen LogP contribution in [0.15, 0.2) is 36.0 Å². The zero-order chi connectivity index (χ0) is 43.2. The molecule has 1 aliphatic heterocycles. The number of morpholine rings is 1. The lowest BCUT2D eigenvalue weighted by Crippen LogP contribution is -2.51. The number of nitrogens with zero attached hydrogens (tertiary/aromatic N) is 1. The second kappa shape index (κ2) is 28.1. The van der Waals surface area contributed by atoms with Gasteiger partial charge in [-0.05, 0) is 136 Å². The summed E-state index contributed by atoms with van der Waals surface area (Å²) in [5, 5.41) is 0. The number of hydrogen-bond donors (Lipinski definition) is 0. The van der Waals surface area contributed by atoms with Crippen LogP contribution in [0, 0.1) is 46.3 Å². The Morgan fingerprint density at radius 1 is 0.754 bits per heavy atom. The highest BCUT2D eigenvalue weighted by atomic mass is 16.6. The Labute approximate surface area is 378 Å². The SMILES string of the molecule is CCCCCC=CCC=CCCCCCCCCCCOCC(CN1CCOCC1)OCCO[C@H]1CC[C@@]2(C)C(=CC[C@H]3[C@@H]4CC[C@H]([C@H](C)CCCC(C)C)[C@@]4(C)CC[C@@H]32)C1. The molecule has 61 heavy (non-hydrogen) atoms. The lowest BCUT2D eigenvalue weighted by atomic mass is 9.47. The van der Waals surface area contributed by atoms with Gasteiger partial charge in [0.25, 0.3) is 0 Å². The summed E-state index contributed by atoms with van der Waals surface area (Å²) in [6.45, 7) is 22.4. The minimum Gasteiger partial charge on any atom is -0.379 e. The van der Waals surface area contributed by atoms with E-state index in [0.29, 0.717) is 36.8 Å². The molecule has 0 amide bonds. The van der Waals surface area contributed by atoms with Crippen LogP contribution in [0.1, 0.15) is 202 Å². The second-order valence-electron chi connectivity index (χ2n) is 21.8. The number of allylic oxidation sites excluding steroid dienone is 5. The Morgan fingerprint density at radius 3 is 2.21 bits per heavy atom. The van der Waals surface area contributed by atoms with Crippen LogP contribution in [0.2, 0.25) is 0 Å². The molecule has 352 valence electrons. The van der Waals surface area contributed by atoms with Crippen LogP contribution in [-0.2, 0) is 18.9 Å². The van der Waals surface area contributed by atoms with Crippen molar-refractivity contribution in [2.45, 2.75) is 214 Å². The molecule has 4 aliphatic carbocycles. The fourth-order valence-electron chi connectivity index (χ4n) is 13.2. The molecule has 3 saturated carbocycles. The van der Waals surface area contributed by atoms with E-state index >= 15 is 0 Å². The van der Waals surface area contributed by atoms with E-state index in [4.69, 9.17) is 18.9 Å². The minimum atomic E-state index is 0.0893. The quantitative estimate of drug-likeness (QED) is 0.0513. The van der Waals surface area contributed by atoms with Crippen molar-refractivity contribution < 1.29 is 18.9 Å². The van der Waals surface area contributed by atoms with Crippen molar-refractivity contribution in [2.24, 2.45) is 46.3 Å². The van der Waals surface area contributed by atoms with Crippen molar-refractivity contribution in [3.8, 4) is 0 Å². The Hall–Kier alpha value is -0.980. The zero-order valence-corrected chi connectivity index (χ0v) is 41.1. The van der Waals surface area contributed by atoms with Crippen molar-refractivity contribution in [2.75, 3.05) is 59.3 Å². The Morgan fingerprint density at radius 2 is 1.48 bits per heavy atom. The van der Waals surface area contributed by atoms with Gasteiger partial charge in [0, 0.05) is 26.2 Å². The van der Waals surface area contributed by atoms with Crippen LogP contribution in [-0.4, -0.2) is 76.4 Å². The highest BCUT2D eigenvalue weighted by Gasteiger charge is 2.59. The number of ether oxygens (including phenoxy) is 4.